The molecule has 0 fully saturated rings. The molecule has 4 nitrogen and oxygen atoms in total. The topological polar surface area (TPSA) is 41.6 Å². The summed E-state index contributed by atoms with van der Waals surface area (Å²) in [5.74, 6) is 5.63. The van der Waals surface area contributed by atoms with Gasteiger partial charge in [-0.1, -0.05) is 5.92 Å². The van der Waals surface area contributed by atoms with Gasteiger partial charge in [-0.2, -0.15) is 0 Å². The molecule has 1 aliphatic rings. The smallest absolute Gasteiger partial charge is 0.322 e. The van der Waals surface area contributed by atoms with E-state index in [0.29, 0.717) is 6.61 Å². The van der Waals surface area contributed by atoms with Crippen LogP contribution in [0.1, 0.15) is 6.92 Å². The number of carbonyl (C=O) groups is 1. The normalized spacial score (nSPS) is 17.5. The summed E-state index contributed by atoms with van der Waals surface area (Å²) in [4.78, 5) is 12.6. The number of ether oxygens (including phenoxy) is 1. The van der Waals surface area contributed by atoms with Crippen LogP contribution in [0.15, 0.2) is 11.8 Å². The van der Waals surface area contributed by atoms with Gasteiger partial charge in [0.05, 0.1) is 6.61 Å². The Morgan fingerprint density at radius 1 is 1.69 bits per heavy atom. The summed E-state index contributed by atoms with van der Waals surface area (Å²) in [5.41, 5.74) is 0.805. The highest BCUT2D eigenvalue weighted by Gasteiger charge is 2.09. The van der Waals surface area contributed by atoms with Gasteiger partial charge >= 0.3 is 6.03 Å². The van der Waals surface area contributed by atoms with Crippen LogP contribution < -0.4 is 5.32 Å². The summed E-state index contributed by atoms with van der Waals surface area (Å²) in [7, 11) is 1.68. The number of nitrogens with one attached hydrogen (secondary N) is 1. The third-order valence-electron chi connectivity index (χ3n) is 1.54. The van der Waals surface area contributed by atoms with Crippen LogP contribution in [0.25, 0.3) is 0 Å². The Bertz CT molecular complexity index is 286. The predicted octanol–water partition coefficient (Wildman–Crippen LogP) is 0.523. The average molecular weight is 180 g/mol. The lowest BCUT2D eigenvalue weighted by Gasteiger charge is -2.17. The molecule has 2 amide bonds. The van der Waals surface area contributed by atoms with Crippen molar-refractivity contribution in [1.29, 1.82) is 0 Å². The molecule has 70 valence electrons. The van der Waals surface area contributed by atoms with Gasteiger partial charge < -0.3 is 15.0 Å². The molecule has 0 spiro atoms. The van der Waals surface area contributed by atoms with Gasteiger partial charge in [0.25, 0.3) is 0 Å². The van der Waals surface area contributed by atoms with Crippen LogP contribution in [0.3, 0.4) is 0 Å². The van der Waals surface area contributed by atoms with E-state index in [0.717, 1.165) is 5.57 Å². The Labute approximate surface area is 77.5 Å². The number of hydrogen-bond acceptors (Lipinski definition) is 2. The average Bonchev–Trinajstić information content (AvgIpc) is 2.10. The van der Waals surface area contributed by atoms with E-state index >= 15 is 0 Å². The lowest BCUT2D eigenvalue weighted by atomic mass is 10.3. The molecule has 1 rings (SSSR count). The van der Waals surface area contributed by atoms with Crippen molar-refractivity contribution in [3.63, 3.8) is 0 Å². The van der Waals surface area contributed by atoms with Gasteiger partial charge in [0, 0.05) is 18.8 Å². The van der Waals surface area contributed by atoms with Gasteiger partial charge in [-0.3, -0.25) is 0 Å². The van der Waals surface area contributed by atoms with Crippen LogP contribution in [-0.4, -0.2) is 31.3 Å². The first-order chi connectivity index (χ1) is 6.24. The maximum absolute atomic E-state index is 11.2. The van der Waals surface area contributed by atoms with Crippen molar-refractivity contribution < 1.29 is 9.53 Å². The third-order valence-corrected chi connectivity index (χ3v) is 1.54. The largest absolute Gasteiger partial charge is 0.356 e. The first-order valence-corrected chi connectivity index (χ1v) is 3.96. The molecule has 0 atom stereocenters. The fourth-order valence-corrected chi connectivity index (χ4v) is 0.957. The molecule has 0 aliphatic carbocycles. The molecule has 0 saturated heterocycles. The number of amides is 2. The van der Waals surface area contributed by atoms with Gasteiger partial charge in [0.15, 0.2) is 0 Å². The molecular formula is C9H12N2O2. The Balaban J connectivity index is 2.79. The quantitative estimate of drug-likeness (QED) is 0.552. The maximum Gasteiger partial charge on any atom is 0.322 e. The zero-order chi connectivity index (χ0) is 9.68. The highest BCUT2D eigenvalue weighted by molar-refractivity contribution is 5.75. The standard InChI is InChI=1S/C9H12N2O2/c1-3-4-8-5-11(2)9(12)10-7-13-6-8/h5H,6-7H2,1-2H3,(H,10,12). The maximum atomic E-state index is 11.2. The lowest BCUT2D eigenvalue weighted by Crippen LogP contribution is -2.37. The van der Waals surface area contributed by atoms with Crippen LogP contribution in [0.2, 0.25) is 0 Å². The number of urea groups is 1. The Morgan fingerprint density at radius 3 is 3.15 bits per heavy atom. The molecule has 1 N–H and O–H groups in total. The SMILES string of the molecule is CC#CC1=CN(C)C(=O)NCOC1. The molecule has 0 bridgehead atoms. The number of hydrogen-bond donors (Lipinski definition) is 1. The molecule has 0 radical (unpaired) electrons. The second kappa shape index (κ2) is 4.53. The first kappa shape index (κ1) is 9.62. The fourth-order valence-electron chi connectivity index (χ4n) is 0.957. The van der Waals surface area contributed by atoms with Gasteiger partial charge in [-0.05, 0) is 6.92 Å². The Hall–Kier alpha value is -1.47. The zero-order valence-corrected chi connectivity index (χ0v) is 7.76. The molecule has 4 heteroatoms. The minimum atomic E-state index is -0.185. The van der Waals surface area contributed by atoms with Gasteiger partial charge in [0.2, 0.25) is 0 Å². The Kier molecular flexibility index (Phi) is 3.35. The van der Waals surface area contributed by atoms with E-state index in [2.05, 4.69) is 17.2 Å². The van der Waals surface area contributed by atoms with Crippen molar-refractivity contribution in [3.05, 3.63) is 11.8 Å². The van der Waals surface area contributed by atoms with Crippen molar-refractivity contribution in [3.8, 4) is 11.8 Å². The highest BCUT2D eigenvalue weighted by atomic mass is 16.5. The fraction of sp³-hybridized carbons (Fsp3) is 0.444. The molecule has 1 heterocycles. The van der Waals surface area contributed by atoms with E-state index in [1.54, 1.807) is 20.2 Å². The van der Waals surface area contributed by atoms with Crippen molar-refractivity contribution in [2.45, 2.75) is 6.92 Å². The summed E-state index contributed by atoms with van der Waals surface area (Å²) in [6, 6.07) is -0.185. The number of rotatable bonds is 0. The van der Waals surface area contributed by atoms with Crippen molar-refractivity contribution in [2.24, 2.45) is 0 Å². The third kappa shape index (κ3) is 2.80. The Morgan fingerprint density at radius 2 is 2.46 bits per heavy atom. The molecule has 13 heavy (non-hydrogen) atoms. The van der Waals surface area contributed by atoms with E-state index in [-0.39, 0.29) is 12.8 Å². The monoisotopic (exact) mass is 180 g/mol. The number of carbonyl (C=O) groups excluding carboxylic acids is 1. The number of nitrogens with zero attached hydrogens (tertiary/aromatic N) is 1. The second-order valence-electron chi connectivity index (χ2n) is 2.61. The summed E-state index contributed by atoms with van der Waals surface area (Å²) in [6.45, 7) is 2.41. The molecular weight excluding hydrogens is 168 g/mol. The van der Waals surface area contributed by atoms with Gasteiger partial charge in [-0.15, -0.1) is 5.92 Å². The molecule has 0 unspecified atom stereocenters. The van der Waals surface area contributed by atoms with Crippen LogP contribution in [-0.2, 0) is 4.74 Å². The molecule has 0 saturated carbocycles. The van der Waals surface area contributed by atoms with E-state index in [9.17, 15) is 4.79 Å². The summed E-state index contributed by atoms with van der Waals surface area (Å²) in [6.07, 6.45) is 1.67. The van der Waals surface area contributed by atoms with E-state index in [1.807, 2.05) is 0 Å². The van der Waals surface area contributed by atoms with Crippen LogP contribution in [0.4, 0.5) is 4.79 Å². The van der Waals surface area contributed by atoms with Crippen molar-refractivity contribution in [2.75, 3.05) is 20.4 Å². The van der Waals surface area contributed by atoms with Crippen LogP contribution >= 0.6 is 0 Å². The lowest BCUT2D eigenvalue weighted by molar-refractivity contribution is 0.130. The van der Waals surface area contributed by atoms with E-state index < -0.39 is 0 Å². The minimum absolute atomic E-state index is 0.185. The highest BCUT2D eigenvalue weighted by Crippen LogP contribution is 1.99. The summed E-state index contributed by atoms with van der Waals surface area (Å²) in [5, 5.41) is 2.57. The van der Waals surface area contributed by atoms with E-state index in [4.69, 9.17) is 4.74 Å². The molecule has 1 aliphatic heterocycles. The van der Waals surface area contributed by atoms with Crippen molar-refractivity contribution in [1.82, 2.24) is 10.2 Å². The summed E-state index contributed by atoms with van der Waals surface area (Å²) >= 11 is 0. The zero-order valence-electron chi connectivity index (χ0n) is 7.76. The van der Waals surface area contributed by atoms with E-state index in [1.165, 1.54) is 4.90 Å². The predicted molar refractivity (Wildman–Crippen MR) is 48.6 cm³/mol. The second-order valence-corrected chi connectivity index (χ2v) is 2.61. The first-order valence-electron chi connectivity index (χ1n) is 3.96. The molecule has 0 aromatic carbocycles. The van der Waals surface area contributed by atoms with Crippen LogP contribution in [0, 0.1) is 11.8 Å². The summed E-state index contributed by atoms with van der Waals surface area (Å²) < 4.78 is 5.13. The van der Waals surface area contributed by atoms with Gasteiger partial charge in [-0.25, -0.2) is 4.79 Å². The minimum Gasteiger partial charge on any atom is -0.356 e. The van der Waals surface area contributed by atoms with Gasteiger partial charge in [0.1, 0.15) is 6.73 Å². The van der Waals surface area contributed by atoms with Crippen LogP contribution in [0.5, 0.6) is 0 Å². The molecule has 0 aromatic rings. The van der Waals surface area contributed by atoms with Crippen molar-refractivity contribution >= 4 is 6.03 Å². The molecule has 0 aromatic heterocycles.